The minimum Gasteiger partial charge on any atom is -0.358 e. The summed E-state index contributed by atoms with van der Waals surface area (Å²) < 4.78 is 1.15. The first-order valence-electron chi connectivity index (χ1n) is 5.63. The van der Waals surface area contributed by atoms with Gasteiger partial charge < -0.3 is 10.3 Å². The topological polar surface area (TPSA) is 27.8 Å². The molecule has 2 aromatic rings. The van der Waals surface area contributed by atoms with Crippen LogP contribution < -0.4 is 5.32 Å². The number of aromatic nitrogens is 1. The molecular weight excluding hydrogens is 264 g/mol. The molecule has 0 amide bonds. The van der Waals surface area contributed by atoms with Crippen LogP contribution in [0.3, 0.4) is 0 Å². The van der Waals surface area contributed by atoms with Crippen LogP contribution in [-0.4, -0.2) is 18.6 Å². The molecule has 0 radical (unpaired) electrons. The summed E-state index contributed by atoms with van der Waals surface area (Å²) in [5.41, 5.74) is 3.98. The van der Waals surface area contributed by atoms with E-state index in [1.165, 1.54) is 28.6 Å². The summed E-state index contributed by atoms with van der Waals surface area (Å²) in [6, 6.07) is 6.41. The van der Waals surface area contributed by atoms with Crippen molar-refractivity contribution >= 4 is 26.8 Å². The fraction of sp³-hybridized carbons (Fsp3) is 0.385. The van der Waals surface area contributed by atoms with E-state index in [0.717, 1.165) is 17.4 Å². The van der Waals surface area contributed by atoms with Crippen molar-refractivity contribution < 1.29 is 0 Å². The lowest BCUT2D eigenvalue weighted by Crippen LogP contribution is -2.08. The predicted molar refractivity (Wildman–Crippen MR) is 73.0 cm³/mol. The molecule has 1 heterocycles. The Bertz CT molecular complexity index is 488. The second kappa shape index (κ2) is 5.02. The summed E-state index contributed by atoms with van der Waals surface area (Å²) >= 11 is 3.53. The quantitative estimate of drug-likeness (QED) is 0.826. The molecule has 0 aliphatic heterocycles. The van der Waals surface area contributed by atoms with Gasteiger partial charge in [0.1, 0.15) is 0 Å². The maximum atomic E-state index is 3.53. The molecule has 1 aromatic heterocycles. The molecule has 16 heavy (non-hydrogen) atoms. The molecule has 86 valence electrons. The number of benzene rings is 1. The van der Waals surface area contributed by atoms with Crippen LogP contribution in [-0.2, 0) is 6.42 Å². The molecule has 0 unspecified atom stereocenters. The van der Waals surface area contributed by atoms with Crippen LogP contribution >= 0.6 is 15.9 Å². The summed E-state index contributed by atoms with van der Waals surface area (Å²) in [5.74, 6) is 0. The van der Waals surface area contributed by atoms with E-state index in [-0.39, 0.29) is 0 Å². The van der Waals surface area contributed by atoms with Crippen LogP contribution in [0, 0.1) is 6.92 Å². The van der Waals surface area contributed by atoms with Crippen molar-refractivity contribution in [3.05, 3.63) is 33.9 Å². The van der Waals surface area contributed by atoms with Crippen LogP contribution in [0.5, 0.6) is 0 Å². The number of aromatic amines is 1. The van der Waals surface area contributed by atoms with E-state index in [2.05, 4.69) is 51.4 Å². The molecule has 0 spiro atoms. The average Bonchev–Trinajstić information content (AvgIpc) is 2.56. The second-order valence-electron chi connectivity index (χ2n) is 4.13. The summed E-state index contributed by atoms with van der Waals surface area (Å²) in [5, 5.41) is 4.54. The van der Waals surface area contributed by atoms with Gasteiger partial charge in [0.2, 0.25) is 0 Å². The molecule has 3 heteroatoms. The number of hydrogen-bond donors (Lipinski definition) is 2. The third-order valence-electron chi connectivity index (χ3n) is 2.94. The third-order valence-corrected chi connectivity index (χ3v) is 3.43. The Balaban J connectivity index is 2.34. The molecule has 2 N–H and O–H groups in total. The number of nitrogens with one attached hydrogen (secondary N) is 2. The highest BCUT2D eigenvalue weighted by Crippen LogP contribution is 2.26. The van der Waals surface area contributed by atoms with Gasteiger partial charge in [0, 0.05) is 21.1 Å². The Morgan fingerprint density at radius 2 is 2.19 bits per heavy atom. The molecule has 1 aromatic carbocycles. The summed E-state index contributed by atoms with van der Waals surface area (Å²) in [6.07, 6.45) is 2.31. The van der Waals surface area contributed by atoms with Crippen molar-refractivity contribution in [2.24, 2.45) is 0 Å². The zero-order valence-electron chi connectivity index (χ0n) is 9.73. The van der Waals surface area contributed by atoms with E-state index >= 15 is 0 Å². The summed E-state index contributed by atoms with van der Waals surface area (Å²) in [4.78, 5) is 3.44. The highest BCUT2D eigenvalue weighted by molar-refractivity contribution is 9.10. The van der Waals surface area contributed by atoms with Gasteiger partial charge in [-0.2, -0.15) is 0 Å². The van der Waals surface area contributed by atoms with Crippen LogP contribution in [0.1, 0.15) is 17.7 Å². The molecule has 2 rings (SSSR count). The molecule has 0 saturated carbocycles. The van der Waals surface area contributed by atoms with Crippen molar-refractivity contribution in [1.82, 2.24) is 10.3 Å². The smallest absolute Gasteiger partial charge is 0.0459 e. The largest absolute Gasteiger partial charge is 0.358 e. The molecule has 0 aliphatic rings. The number of rotatable bonds is 4. The molecule has 0 aliphatic carbocycles. The highest BCUT2D eigenvalue weighted by atomic mass is 79.9. The lowest BCUT2D eigenvalue weighted by molar-refractivity contribution is 0.725. The molecule has 2 nitrogen and oxygen atoms in total. The fourth-order valence-corrected chi connectivity index (χ4v) is 2.48. The van der Waals surface area contributed by atoms with Gasteiger partial charge in [-0.3, -0.25) is 0 Å². The number of H-pyrrole nitrogens is 1. The first-order chi connectivity index (χ1) is 7.72. The van der Waals surface area contributed by atoms with E-state index in [1.807, 2.05) is 7.05 Å². The molecule has 0 atom stereocenters. The maximum absolute atomic E-state index is 3.53. The predicted octanol–water partition coefficient (Wildman–Crippen LogP) is 3.39. The number of hydrogen-bond acceptors (Lipinski definition) is 1. The monoisotopic (exact) mass is 280 g/mol. The number of halogens is 1. The van der Waals surface area contributed by atoms with Gasteiger partial charge in [-0.25, -0.2) is 0 Å². The lowest BCUT2D eigenvalue weighted by atomic mass is 10.1. The van der Waals surface area contributed by atoms with Crippen molar-refractivity contribution in [3.63, 3.8) is 0 Å². The van der Waals surface area contributed by atoms with Gasteiger partial charge in [0.25, 0.3) is 0 Å². The Morgan fingerprint density at radius 1 is 1.38 bits per heavy atom. The van der Waals surface area contributed by atoms with Crippen LogP contribution in [0.15, 0.2) is 22.7 Å². The Kier molecular flexibility index (Phi) is 3.66. The molecular formula is C13H17BrN2. The Hall–Kier alpha value is -0.800. The third kappa shape index (κ3) is 2.30. The van der Waals surface area contributed by atoms with E-state index in [4.69, 9.17) is 0 Å². The average molecular weight is 281 g/mol. The van der Waals surface area contributed by atoms with Gasteiger partial charge in [0.05, 0.1) is 0 Å². The maximum Gasteiger partial charge on any atom is 0.0459 e. The SMILES string of the molecule is CNCCCc1c(C)[nH]c2ccc(Br)cc12. The lowest BCUT2D eigenvalue weighted by Gasteiger charge is -2.01. The van der Waals surface area contributed by atoms with Gasteiger partial charge in [-0.15, -0.1) is 0 Å². The van der Waals surface area contributed by atoms with E-state index < -0.39 is 0 Å². The van der Waals surface area contributed by atoms with Crippen LogP contribution in [0.4, 0.5) is 0 Å². The van der Waals surface area contributed by atoms with Crippen molar-refractivity contribution in [1.29, 1.82) is 0 Å². The summed E-state index contributed by atoms with van der Waals surface area (Å²) in [6.45, 7) is 3.22. The Morgan fingerprint density at radius 3 is 2.94 bits per heavy atom. The van der Waals surface area contributed by atoms with Crippen molar-refractivity contribution in [2.45, 2.75) is 19.8 Å². The minimum atomic E-state index is 1.07. The molecule has 0 saturated heterocycles. The molecule has 0 bridgehead atoms. The van der Waals surface area contributed by atoms with Crippen molar-refractivity contribution in [3.8, 4) is 0 Å². The van der Waals surface area contributed by atoms with Crippen LogP contribution in [0.2, 0.25) is 0 Å². The minimum absolute atomic E-state index is 1.07. The fourth-order valence-electron chi connectivity index (χ4n) is 2.12. The van der Waals surface area contributed by atoms with Gasteiger partial charge >= 0.3 is 0 Å². The molecule has 0 fully saturated rings. The zero-order chi connectivity index (χ0) is 11.5. The van der Waals surface area contributed by atoms with Crippen molar-refractivity contribution in [2.75, 3.05) is 13.6 Å². The number of fused-ring (bicyclic) bond motifs is 1. The van der Waals surface area contributed by atoms with E-state index in [9.17, 15) is 0 Å². The van der Waals surface area contributed by atoms with Gasteiger partial charge in [-0.1, -0.05) is 15.9 Å². The normalized spacial score (nSPS) is 11.2. The van der Waals surface area contributed by atoms with Gasteiger partial charge in [-0.05, 0) is 57.1 Å². The standard InChI is InChI=1S/C13H17BrN2/c1-9-11(4-3-7-15-2)12-8-10(14)5-6-13(12)16-9/h5-6,8,15-16H,3-4,7H2,1-2H3. The number of aryl methyl sites for hydroxylation is 2. The second-order valence-corrected chi connectivity index (χ2v) is 5.04. The van der Waals surface area contributed by atoms with Crippen LogP contribution in [0.25, 0.3) is 10.9 Å². The summed E-state index contributed by atoms with van der Waals surface area (Å²) in [7, 11) is 2.00. The zero-order valence-corrected chi connectivity index (χ0v) is 11.3. The van der Waals surface area contributed by atoms with E-state index in [0.29, 0.717) is 0 Å². The first kappa shape index (κ1) is 11.7. The van der Waals surface area contributed by atoms with Gasteiger partial charge in [0.15, 0.2) is 0 Å². The highest BCUT2D eigenvalue weighted by Gasteiger charge is 2.07. The van der Waals surface area contributed by atoms with E-state index in [1.54, 1.807) is 0 Å². The Labute approximate surface area is 105 Å². The first-order valence-corrected chi connectivity index (χ1v) is 6.43.